The third kappa shape index (κ3) is 7.76. The van der Waals surface area contributed by atoms with Crippen molar-refractivity contribution in [3.8, 4) is 5.75 Å². The lowest BCUT2D eigenvalue weighted by atomic mass is 10.1. The lowest BCUT2D eigenvalue weighted by Crippen LogP contribution is -2.51. The molecule has 0 bridgehead atoms. The Morgan fingerprint density at radius 3 is 2.33 bits per heavy atom. The highest BCUT2D eigenvalue weighted by molar-refractivity contribution is 7.92. The molecule has 0 aliphatic rings. The first-order chi connectivity index (χ1) is 19.1. The van der Waals surface area contributed by atoms with Gasteiger partial charge >= 0.3 is 0 Å². The van der Waals surface area contributed by atoms with Crippen molar-refractivity contribution in [1.29, 1.82) is 0 Å². The first kappa shape index (κ1) is 31.0. The number of ether oxygens (including phenoxy) is 1. The molecule has 0 radical (unpaired) electrons. The van der Waals surface area contributed by atoms with E-state index in [4.69, 9.17) is 16.3 Å². The van der Waals surface area contributed by atoms with Crippen LogP contribution in [0, 0.1) is 6.92 Å². The SMILES string of the molecule is CCCCNC(=O)[C@@H](C)N(Cc1ccc(C)cc1)C(=O)CN(c1cc(Cl)ccc1OC)S(=O)(=O)c1ccccc1. The molecule has 3 rings (SSSR count). The highest BCUT2D eigenvalue weighted by Crippen LogP contribution is 2.35. The maximum atomic E-state index is 14.0. The molecule has 10 heteroatoms. The molecule has 0 saturated carbocycles. The molecule has 1 N–H and O–H groups in total. The average Bonchev–Trinajstić information content (AvgIpc) is 2.95. The van der Waals surface area contributed by atoms with Crippen LogP contribution in [0.5, 0.6) is 5.75 Å². The van der Waals surface area contributed by atoms with E-state index in [9.17, 15) is 18.0 Å². The Hall–Kier alpha value is -3.56. The van der Waals surface area contributed by atoms with E-state index in [0.29, 0.717) is 6.54 Å². The fourth-order valence-corrected chi connectivity index (χ4v) is 5.70. The summed E-state index contributed by atoms with van der Waals surface area (Å²) in [6.07, 6.45) is 1.72. The molecule has 0 saturated heterocycles. The van der Waals surface area contributed by atoms with Gasteiger partial charge in [-0.2, -0.15) is 0 Å². The number of carbonyl (C=O) groups excluding carboxylic acids is 2. The van der Waals surface area contributed by atoms with Crippen molar-refractivity contribution < 1.29 is 22.7 Å². The Labute approximate surface area is 241 Å². The zero-order valence-corrected chi connectivity index (χ0v) is 24.8. The summed E-state index contributed by atoms with van der Waals surface area (Å²) in [5, 5.41) is 3.15. The fourth-order valence-electron chi connectivity index (χ4n) is 4.10. The monoisotopic (exact) mass is 585 g/mol. The van der Waals surface area contributed by atoms with Crippen LogP contribution < -0.4 is 14.4 Å². The van der Waals surface area contributed by atoms with Crippen LogP contribution in [0.4, 0.5) is 5.69 Å². The second kappa shape index (κ2) is 14.2. The van der Waals surface area contributed by atoms with Gasteiger partial charge in [-0.05, 0) is 56.2 Å². The number of sulfonamides is 1. The first-order valence-corrected chi connectivity index (χ1v) is 14.9. The van der Waals surface area contributed by atoms with E-state index in [2.05, 4.69) is 5.32 Å². The summed E-state index contributed by atoms with van der Waals surface area (Å²) in [5.74, 6) is -0.640. The zero-order valence-electron chi connectivity index (χ0n) is 23.3. The Balaban J connectivity index is 2.05. The van der Waals surface area contributed by atoms with Crippen LogP contribution in [-0.2, 0) is 26.2 Å². The fraction of sp³-hybridized carbons (Fsp3) is 0.333. The van der Waals surface area contributed by atoms with Gasteiger partial charge in [0.2, 0.25) is 11.8 Å². The van der Waals surface area contributed by atoms with Gasteiger partial charge in [0.1, 0.15) is 18.3 Å². The van der Waals surface area contributed by atoms with E-state index in [1.54, 1.807) is 37.3 Å². The van der Waals surface area contributed by atoms with Crippen LogP contribution in [0.25, 0.3) is 0 Å². The van der Waals surface area contributed by atoms with Gasteiger partial charge in [-0.3, -0.25) is 13.9 Å². The molecule has 0 heterocycles. The van der Waals surface area contributed by atoms with Crippen LogP contribution in [0.15, 0.2) is 77.7 Å². The summed E-state index contributed by atoms with van der Waals surface area (Å²) in [6, 6.07) is 19.2. The minimum absolute atomic E-state index is 0.000250. The van der Waals surface area contributed by atoms with E-state index in [-0.39, 0.29) is 33.8 Å². The van der Waals surface area contributed by atoms with Gasteiger partial charge in [-0.1, -0.05) is 73.0 Å². The molecule has 0 fully saturated rings. The molecule has 3 aromatic rings. The van der Waals surface area contributed by atoms with E-state index >= 15 is 0 Å². The molecule has 2 amide bonds. The smallest absolute Gasteiger partial charge is 0.264 e. The molecule has 0 aromatic heterocycles. The summed E-state index contributed by atoms with van der Waals surface area (Å²) in [6.45, 7) is 5.65. The molecule has 0 aliphatic heterocycles. The van der Waals surface area contributed by atoms with Gasteiger partial charge in [0, 0.05) is 18.1 Å². The zero-order chi connectivity index (χ0) is 29.3. The second-order valence-electron chi connectivity index (χ2n) is 9.47. The van der Waals surface area contributed by atoms with Gasteiger partial charge in [0.15, 0.2) is 0 Å². The maximum Gasteiger partial charge on any atom is 0.264 e. The number of hydrogen-bond donors (Lipinski definition) is 1. The van der Waals surface area contributed by atoms with Crippen molar-refractivity contribution in [3.05, 3.63) is 88.9 Å². The van der Waals surface area contributed by atoms with Crippen LogP contribution in [0.1, 0.15) is 37.8 Å². The van der Waals surface area contributed by atoms with Crippen LogP contribution in [-0.4, -0.2) is 51.4 Å². The maximum absolute atomic E-state index is 14.0. The standard InChI is InChI=1S/C30H36ClN3O5S/c1-5-6-18-32-30(36)23(3)33(20-24-14-12-22(2)13-15-24)29(35)21-34(27-19-25(31)16-17-28(27)39-4)40(37,38)26-10-8-7-9-11-26/h7-17,19,23H,5-6,18,20-21H2,1-4H3,(H,32,36)/t23-/m1/s1. The van der Waals surface area contributed by atoms with Crippen LogP contribution >= 0.6 is 11.6 Å². The predicted molar refractivity (Wildman–Crippen MR) is 158 cm³/mol. The molecular formula is C30H36ClN3O5S. The van der Waals surface area contributed by atoms with Crippen molar-refractivity contribution in [3.63, 3.8) is 0 Å². The number of nitrogens with zero attached hydrogens (tertiary/aromatic N) is 2. The van der Waals surface area contributed by atoms with Crippen molar-refractivity contribution in [2.24, 2.45) is 0 Å². The number of carbonyl (C=O) groups is 2. The highest BCUT2D eigenvalue weighted by atomic mass is 35.5. The summed E-state index contributed by atoms with van der Waals surface area (Å²) in [7, 11) is -2.82. The van der Waals surface area contributed by atoms with Gasteiger partial charge in [0.25, 0.3) is 10.0 Å². The van der Waals surface area contributed by atoms with E-state index in [1.807, 2.05) is 38.1 Å². The Morgan fingerprint density at radius 1 is 1.02 bits per heavy atom. The quantitative estimate of drug-likeness (QED) is 0.279. The number of methoxy groups -OCH3 is 1. The summed E-state index contributed by atoms with van der Waals surface area (Å²) < 4.78 is 34.3. The molecule has 40 heavy (non-hydrogen) atoms. The topological polar surface area (TPSA) is 96.0 Å². The minimum atomic E-state index is -4.23. The van der Waals surface area contributed by atoms with Crippen molar-refractivity contribution in [1.82, 2.24) is 10.2 Å². The summed E-state index contributed by atoms with van der Waals surface area (Å²) in [4.78, 5) is 28.5. The number of benzene rings is 3. The number of rotatable bonds is 13. The number of nitrogens with one attached hydrogen (secondary N) is 1. The van der Waals surface area contributed by atoms with Crippen molar-refractivity contribution >= 4 is 39.1 Å². The normalized spacial score (nSPS) is 11.9. The number of amides is 2. The molecule has 0 spiro atoms. The third-order valence-electron chi connectivity index (χ3n) is 6.49. The van der Waals surface area contributed by atoms with Crippen LogP contribution in [0.2, 0.25) is 5.02 Å². The highest BCUT2D eigenvalue weighted by Gasteiger charge is 2.33. The number of anilines is 1. The number of unbranched alkanes of at least 4 members (excludes halogenated alkanes) is 1. The minimum Gasteiger partial charge on any atom is -0.495 e. The Kier molecular flexibility index (Phi) is 11.0. The summed E-state index contributed by atoms with van der Waals surface area (Å²) in [5.41, 5.74) is 1.98. The largest absolute Gasteiger partial charge is 0.495 e. The number of halogens is 1. The number of aryl methyl sites for hydroxylation is 1. The molecule has 0 aliphatic carbocycles. The van der Waals surface area contributed by atoms with E-state index < -0.39 is 28.5 Å². The van der Waals surface area contributed by atoms with E-state index in [1.165, 1.54) is 30.2 Å². The molecule has 214 valence electrons. The average molecular weight is 586 g/mol. The first-order valence-electron chi connectivity index (χ1n) is 13.1. The molecule has 8 nitrogen and oxygen atoms in total. The lowest BCUT2D eigenvalue weighted by molar-refractivity contribution is -0.139. The van der Waals surface area contributed by atoms with Gasteiger partial charge in [-0.25, -0.2) is 8.42 Å². The van der Waals surface area contributed by atoms with Crippen LogP contribution in [0.3, 0.4) is 0 Å². The number of hydrogen-bond acceptors (Lipinski definition) is 5. The van der Waals surface area contributed by atoms with Gasteiger partial charge in [-0.15, -0.1) is 0 Å². The Morgan fingerprint density at radius 2 is 1.70 bits per heavy atom. The molecule has 0 unspecified atom stereocenters. The predicted octanol–water partition coefficient (Wildman–Crippen LogP) is 5.19. The van der Waals surface area contributed by atoms with Gasteiger partial charge in [0.05, 0.1) is 17.7 Å². The second-order valence-corrected chi connectivity index (χ2v) is 11.8. The van der Waals surface area contributed by atoms with Crippen molar-refractivity contribution in [2.45, 2.75) is 51.1 Å². The molecule has 1 atom stereocenters. The molecular weight excluding hydrogens is 550 g/mol. The lowest BCUT2D eigenvalue weighted by Gasteiger charge is -2.32. The van der Waals surface area contributed by atoms with Gasteiger partial charge < -0.3 is 15.0 Å². The molecule has 3 aromatic carbocycles. The Bertz CT molecular complexity index is 1400. The van der Waals surface area contributed by atoms with Crippen molar-refractivity contribution in [2.75, 3.05) is 24.5 Å². The summed E-state index contributed by atoms with van der Waals surface area (Å²) >= 11 is 6.26. The van der Waals surface area contributed by atoms with E-state index in [0.717, 1.165) is 28.3 Å². The third-order valence-corrected chi connectivity index (χ3v) is 8.50.